The van der Waals surface area contributed by atoms with Crippen LogP contribution in [0, 0.1) is 0 Å². The van der Waals surface area contributed by atoms with Crippen LogP contribution in [0.15, 0.2) is 18.2 Å². The summed E-state index contributed by atoms with van der Waals surface area (Å²) in [6, 6.07) is 4.16. The molecule has 1 fully saturated rings. The second-order valence-electron chi connectivity index (χ2n) is 4.33. The van der Waals surface area contributed by atoms with Gasteiger partial charge in [0, 0.05) is 17.3 Å². The molecule has 3 amide bonds. The van der Waals surface area contributed by atoms with Gasteiger partial charge in [-0.15, -0.1) is 11.8 Å². The molecule has 0 saturated carbocycles. The molecule has 0 aliphatic carbocycles. The highest BCUT2D eigenvalue weighted by Crippen LogP contribution is 2.28. The molecule has 2 aliphatic heterocycles. The number of imide groups is 3. The summed E-state index contributed by atoms with van der Waals surface area (Å²) in [6.07, 6.45) is 0. The minimum Gasteiger partial charge on any atom is -0.398 e. The van der Waals surface area contributed by atoms with E-state index in [1.54, 1.807) is 23.9 Å². The topological polar surface area (TPSA) is 92.5 Å². The highest BCUT2D eigenvalue weighted by molar-refractivity contribution is 7.99. The van der Waals surface area contributed by atoms with Crippen LogP contribution in [0.2, 0.25) is 0 Å². The number of nitrogens with zero attached hydrogens (tertiary/aromatic N) is 1. The van der Waals surface area contributed by atoms with Gasteiger partial charge in [0.15, 0.2) is 0 Å². The molecule has 98 valence electrons. The average Bonchev–Trinajstić information content (AvgIpc) is 2.98. The molecule has 6 nitrogen and oxygen atoms in total. The predicted molar refractivity (Wildman–Crippen MR) is 70.6 cm³/mol. The van der Waals surface area contributed by atoms with E-state index in [9.17, 15) is 14.4 Å². The van der Waals surface area contributed by atoms with E-state index in [0.29, 0.717) is 16.5 Å². The number of carbonyl (C=O) groups excluding carboxylic acids is 3. The van der Waals surface area contributed by atoms with Crippen molar-refractivity contribution in [2.24, 2.45) is 0 Å². The molecule has 1 aromatic rings. The first-order chi connectivity index (χ1) is 9.11. The Morgan fingerprint density at radius 1 is 1.37 bits per heavy atom. The number of hydrogen-bond donors (Lipinski definition) is 2. The highest BCUT2D eigenvalue weighted by atomic mass is 32.2. The number of hydrogen-bond acceptors (Lipinski definition) is 6. The van der Waals surface area contributed by atoms with Gasteiger partial charge in [-0.2, -0.15) is 0 Å². The van der Waals surface area contributed by atoms with E-state index in [1.165, 1.54) is 6.07 Å². The van der Waals surface area contributed by atoms with Crippen LogP contribution in [-0.2, 0) is 4.79 Å². The van der Waals surface area contributed by atoms with Gasteiger partial charge in [-0.1, -0.05) is 6.07 Å². The summed E-state index contributed by atoms with van der Waals surface area (Å²) in [7, 11) is 0. The normalized spacial score (nSPS) is 21.9. The van der Waals surface area contributed by atoms with E-state index in [2.05, 4.69) is 5.32 Å². The largest absolute Gasteiger partial charge is 0.398 e. The van der Waals surface area contributed by atoms with Gasteiger partial charge >= 0.3 is 0 Å². The number of nitrogen functional groups attached to an aromatic ring is 1. The number of amides is 3. The summed E-state index contributed by atoms with van der Waals surface area (Å²) >= 11 is 1.55. The van der Waals surface area contributed by atoms with Gasteiger partial charge in [-0.3, -0.25) is 19.7 Å². The Kier molecular flexibility index (Phi) is 2.79. The van der Waals surface area contributed by atoms with Crippen LogP contribution in [0.25, 0.3) is 0 Å². The van der Waals surface area contributed by atoms with E-state index >= 15 is 0 Å². The first-order valence-corrected chi connectivity index (χ1v) is 6.89. The second-order valence-corrected chi connectivity index (χ2v) is 5.36. The molecule has 2 heterocycles. The van der Waals surface area contributed by atoms with Crippen molar-refractivity contribution in [2.45, 2.75) is 6.04 Å². The molecule has 0 aromatic heterocycles. The van der Waals surface area contributed by atoms with Gasteiger partial charge in [0.1, 0.15) is 0 Å². The summed E-state index contributed by atoms with van der Waals surface area (Å²) < 4.78 is 0. The van der Waals surface area contributed by atoms with Gasteiger partial charge in [-0.05, 0) is 12.1 Å². The fraction of sp³-hybridized carbons (Fsp3) is 0.250. The maximum atomic E-state index is 12.2. The fourth-order valence-electron chi connectivity index (χ4n) is 2.22. The molecular weight excluding hydrogens is 266 g/mol. The third-order valence-electron chi connectivity index (χ3n) is 3.18. The quantitative estimate of drug-likeness (QED) is 0.557. The zero-order chi connectivity index (χ0) is 13.6. The number of anilines is 1. The number of thioether (sulfide) groups is 1. The number of fused-ring (bicyclic) bond motifs is 1. The van der Waals surface area contributed by atoms with Crippen LogP contribution >= 0.6 is 11.8 Å². The van der Waals surface area contributed by atoms with Crippen molar-refractivity contribution in [3.63, 3.8) is 0 Å². The molecule has 1 unspecified atom stereocenters. The van der Waals surface area contributed by atoms with E-state index < -0.39 is 23.8 Å². The molecule has 0 spiro atoms. The van der Waals surface area contributed by atoms with Crippen molar-refractivity contribution in [3.8, 4) is 0 Å². The molecule has 3 rings (SSSR count). The lowest BCUT2D eigenvalue weighted by atomic mass is 10.1. The molecule has 3 N–H and O–H groups in total. The monoisotopic (exact) mass is 277 g/mol. The smallest absolute Gasteiger partial charge is 0.270 e. The van der Waals surface area contributed by atoms with Crippen molar-refractivity contribution in [1.82, 2.24) is 10.2 Å². The van der Waals surface area contributed by atoms with Crippen LogP contribution in [0.5, 0.6) is 0 Å². The van der Waals surface area contributed by atoms with Gasteiger partial charge in [0.05, 0.1) is 17.2 Å². The number of benzene rings is 1. The summed E-state index contributed by atoms with van der Waals surface area (Å²) in [6.45, 7) is 0. The standard InChI is InChI=1S/C12H11N3O3S/c13-7-3-1-2-6-9(7)12(18)15(10(6)16)11(17)8-4-19-5-14-8/h1-3,8,14H,4-5,13H2. The van der Waals surface area contributed by atoms with Crippen molar-refractivity contribution >= 4 is 35.2 Å². The van der Waals surface area contributed by atoms with Gasteiger partial charge in [0.25, 0.3) is 17.7 Å². The number of nitrogens with one attached hydrogen (secondary N) is 1. The molecular formula is C12H11N3O3S. The molecule has 7 heteroatoms. The minimum absolute atomic E-state index is 0.131. The van der Waals surface area contributed by atoms with Crippen LogP contribution in [0.1, 0.15) is 20.7 Å². The zero-order valence-electron chi connectivity index (χ0n) is 9.88. The Labute approximate surface area is 113 Å². The predicted octanol–water partition coefficient (Wildman–Crippen LogP) is 0.0539. The first-order valence-electron chi connectivity index (χ1n) is 5.73. The van der Waals surface area contributed by atoms with Crippen LogP contribution in [0.3, 0.4) is 0 Å². The van der Waals surface area contributed by atoms with Gasteiger partial charge in [0.2, 0.25) is 0 Å². The summed E-state index contributed by atoms with van der Waals surface area (Å²) in [5.41, 5.74) is 6.26. The molecule has 1 atom stereocenters. The molecule has 0 radical (unpaired) electrons. The van der Waals surface area contributed by atoms with Crippen molar-refractivity contribution in [1.29, 1.82) is 0 Å². The average molecular weight is 277 g/mol. The fourth-order valence-corrected chi connectivity index (χ4v) is 3.15. The maximum absolute atomic E-state index is 12.2. The van der Waals surface area contributed by atoms with E-state index in [4.69, 9.17) is 5.73 Å². The highest BCUT2D eigenvalue weighted by Gasteiger charge is 2.43. The molecule has 19 heavy (non-hydrogen) atoms. The minimum atomic E-state index is -0.623. The van der Waals surface area contributed by atoms with Gasteiger partial charge in [-0.25, -0.2) is 4.90 Å². The lowest BCUT2D eigenvalue weighted by molar-refractivity contribution is -0.127. The van der Waals surface area contributed by atoms with E-state index in [-0.39, 0.29) is 16.8 Å². The van der Waals surface area contributed by atoms with Gasteiger partial charge < -0.3 is 5.73 Å². The molecule has 0 bridgehead atoms. The van der Waals surface area contributed by atoms with Crippen LogP contribution < -0.4 is 11.1 Å². The third kappa shape index (κ3) is 1.73. The molecule has 1 saturated heterocycles. The van der Waals surface area contributed by atoms with Crippen molar-refractivity contribution in [3.05, 3.63) is 29.3 Å². The Morgan fingerprint density at radius 3 is 2.79 bits per heavy atom. The van der Waals surface area contributed by atoms with Crippen molar-refractivity contribution < 1.29 is 14.4 Å². The zero-order valence-corrected chi connectivity index (χ0v) is 10.7. The van der Waals surface area contributed by atoms with E-state index in [1.807, 2.05) is 0 Å². The Morgan fingerprint density at radius 2 is 2.16 bits per heavy atom. The second kappa shape index (κ2) is 4.36. The van der Waals surface area contributed by atoms with Crippen molar-refractivity contribution in [2.75, 3.05) is 17.4 Å². The molecule has 1 aromatic carbocycles. The number of rotatable bonds is 1. The lowest BCUT2D eigenvalue weighted by Gasteiger charge is -2.16. The lowest BCUT2D eigenvalue weighted by Crippen LogP contribution is -2.47. The summed E-state index contributed by atoms with van der Waals surface area (Å²) in [5, 5.41) is 2.95. The summed E-state index contributed by atoms with van der Waals surface area (Å²) in [4.78, 5) is 37.3. The number of nitrogens with two attached hydrogens (primary N) is 1. The SMILES string of the molecule is Nc1cccc2c1C(=O)N(C(=O)C1CSCN1)C2=O. The van der Waals surface area contributed by atoms with E-state index in [0.717, 1.165) is 0 Å². The number of carbonyl (C=O) groups is 3. The first kappa shape index (κ1) is 12.2. The Bertz CT molecular complexity index is 596. The molecule has 2 aliphatic rings. The van der Waals surface area contributed by atoms with Crippen LogP contribution in [0.4, 0.5) is 5.69 Å². The maximum Gasteiger partial charge on any atom is 0.270 e. The summed E-state index contributed by atoms with van der Waals surface area (Å²) in [5.74, 6) is -0.517. The van der Waals surface area contributed by atoms with Crippen LogP contribution in [-0.4, -0.2) is 40.3 Å². The third-order valence-corrected chi connectivity index (χ3v) is 4.12. The Hall–Kier alpha value is -1.86. The Balaban J connectivity index is 1.98.